The minimum absolute atomic E-state index is 0.0739. The lowest BCUT2D eigenvalue weighted by molar-refractivity contribution is -0.146. The summed E-state index contributed by atoms with van der Waals surface area (Å²) in [6.45, 7) is 3.85. The van der Waals surface area contributed by atoms with Crippen molar-refractivity contribution in [2.24, 2.45) is 0 Å². The number of ether oxygens (including phenoxy) is 1. The fourth-order valence-electron chi connectivity index (χ4n) is 3.37. The maximum atomic E-state index is 12.7. The van der Waals surface area contributed by atoms with E-state index >= 15 is 0 Å². The molecule has 2 aliphatic heterocycles. The van der Waals surface area contributed by atoms with Crippen LogP contribution in [0, 0.1) is 11.3 Å². The molecule has 1 unspecified atom stereocenters. The second-order valence-corrected chi connectivity index (χ2v) is 8.46. The van der Waals surface area contributed by atoms with E-state index in [2.05, 4.69) is 4.72 Å². The van der Waals surface area contributed by atoms with Crippen LogP contribution >= 0.6 is 0 Å². The first kappa shape index (κ1) is 20.3. The molecule has 2 heterocycles. The Bertz CT molecular complexity index is 905. The highest BCUT2D eigenvalue weighted by Gasteiger charge is 2.40. The third-order valence-electron chi connectivity index (χ3n) is 4.96. The summed E-state index contributed by atoms with van der Waals surface area (Å²) in [7, 11) is -3.96. The molecule has 10 heteroatoms. The van der Waals surface area contributed by atoms with Crippen LogP contribution in [0.4, 0.5) is 0 Å². The Morgan fingerprint density at radius 2 is 2.04 bits per heavy atom. The molecule has 0 spiro atoms. The molecule has 150 valence electrons. The number of sulfonamides is 1. The lowest BCUT2D eigenvalue weighted by Gasteiger charge is -2.32. The number of likely N-dealkylation sites (tertiary alicyclic amines) is 1. The Hall–Kier alpha value is -2.48. The highest BCUT2D eigenvalue weighted by Crippen LogP contribution is 2.19. The molecule has 2 atom stereocenters. The van der Waals surface area contributed by atoms with Gasteiger partial charge in [0.05, 0.1) is 29.7 Å². The van der Waals surface area contributed by atoms with Gasteiger partial charge in [0.1, 0.15) is 12.1 Å². The first-order valence-corrected chi connectivity index (χ1v) is 10.5. The van der Waals surface area contributed by atoms with Crippen molar-refractivity contribution in [2.45, 2.75) is 30.3 Å². The van der Waals surface area contributed by atoms with Gasteiger partial charge in [-0.15, -0.1) is 0 Å². The Morgan fingerprint density at radius 1 is 1.32 bits per heavy atom. The SMILES string of the molecule is C[C@@H](C(=O)N1CCOCC1)N1CCC(NS(=O)(=O)c2cccc(C#N)c2)C1=O. The molecule has 2 amide bonds. The van der Waals surface area contributed by atoms with Crippen LogP contribution in [0.25, 0.3) is 0 Å². The quantitative estimate of drug-likeness (QED) is 0.716. The molecule has 0 saturated carbocycles. The van der Waals surface area contributed by atoms with Crippen LogP contribution in [0.1, 0.15) is 18.9 Å². The van der Waals surface area contributed by atoms with E-state index in [4.69, 9.17) is 10.00 Å². The van der Waals surface area contributed by atoms with Crippen LogP contribution in [0.15, 0.2) is 29.2 Å². The zero-order chi connectivity index (χ0) is 20.3. The monoisotopic (exact) mass is 406 g/mol. The van der Waals surface area contributed by atoms with E-state index in [9.17, 15) is 18.0 Å². The van der Waals surface area contributed by atoms with Crippen molar-refractivity contribution in [3.63, 3.8) is 0 Å². The zero-order valence-electron chi connectivity index (χ0n) is 15.5. The van der Waals surface area contributed by atoms with Gasteiger partial charge in [-0.25, -0.2) is 8.42 Å². The van der Waals surface area contributed by atoms with E-state index in [1.54, 1.807) is 11.8 Å². The summed E-state index contributed by atoms with van der Waals surface area (Å²) >= 11 is 0. The molecule has 0 radical (unpaired) electrons. The van der Waals surface area contributed by atoms with Gasteiger partial charge in [-0.2, -0.15) is 9.98 Å². The number of carbonyl (C=O) groups excluding carboxylic acids is 2. The molecule has 2 saturated heterocycles. The average molecular weight is 406 g/mol. The summed E-state index contributed by atoms with van der Waals surface area (Å²) in [4.78, 5) is 28.3. The lowest BCUT2D eigenvalue weighted by Crippen LogP contribution is -2.52. The number of rotatable bonds is 5. The number of amides is 2. The van der Waals surface area contributed by atoms with Crippen molar-refractivity contribution in [1.29, 1.82) is 5.26 Å². The first-order chi connectivity index (χ1) is 13.3. The highest BCUT2D eigenvalue weighted by molar-refractivity contribution is 7.89. The fraction of sp³-hybridized carbons (Fsp3) is 0.500. The number of hydrogen-bond acceptors (Lipinski definition) is 6. The number of hydrogen-bond donors (Lipinski definition) is 1. The minimum Gasteiger partial charge on any atom is -0.378 e. The van der Waals surface area contributed by atoms with Gasteiger partial charge in [-0.05, 0) is 31.5 Å². The molecule has 1 aromatic rings. The summed E-state index contributed by atoms with van der Waals surface area (Å²) in [5.41, 5.74) is 0.215. The topological polar surface area (TPSA) is 120 Å². The van der Waals surface area contributed by atoms with E-state index in [1.807, 2.05) is 6.07 Å². The highest BCUT2D eigenvalue weighted by atomic mass is 32.2. The van der Waals surface area contributed by atoms with E-state index in [1.165, 1.54) is 29.2 Å². The Kier molecular flexibility index (Phi) is 5.98. The summed E-state index contributed by atoms with van der Waals surface area (Å²) in [5.74, 6) is -0.587. The molecule has 1 N–H and O–H groups in total. The van der Waals surface area contributed by atoms with E-state index < -0.39 is 28.0 Å². The maximum Gasteiger partial charge on any atom is 0.245 e. The standard InChI is InChI=1S/C18H22N4O5S/c1-13(17(23)21-7-9-27-10-8-21)22-6-5-16(18(22)24)20-28(25,26)15-4-2-3-14(11-15)12-19/h2-4,11,13,16,20H,5-10H2,1H3/t13-,16?/m0/s1. The number of nitrogens with one attached hydrogen (secondary N) is 1. The minimum atomic E-state index is -3.96. The molecule has 0 aromatic heterocycles. The van der Waals surface area contributed by atoms with E-state index in [0.717, 1.165) is 0 Å². The number of morpholine rings is 1. The molecule has 1 aromatic carbocycles. The molecule has 2 aliphatic rings. The van der Waals surface area contributed by atoms with Gasteiger partial charge in [-0.3, -0.25) is 9.59 Å². The summed E-state index contributed by atoms with van der Waals surface area (Å²) in [6.07, 6.45) is 0.275. The second-order valence-electron chi connectivity index (χ2n) is 6.75. The molecule has 2 fully saturated rings. The number of nitriles is 1. The molecule has 0 bridgehead atoms. The smallest absolute Gasteiger partial charge is 0.245 e. The normalized spacial score (nSPS) is 21.4. The molecule has 0 aliphatic carbocycles. The largest absolute Gasteiger partial charge is 0.378 e. The lowest BCUT2D eigenvalue weighted by atomic mass is 10.2. The second kappa shape index (κ2) is 8.26. The average Bonchev–Trinajstić information content (AvgIpc) is 3.07. The molecule has 9 nitrogen and oxygen atoms in total. The number of benzene rings is 1. The number of nitrogens with zero attached hydrogens (tertiary/aromatic N) is 3. The number of carbonyl (C=O) groups is 2. The molecular weight excluding hydrogens is 384 g/mol. The summed E-state index contributed by atoms with van der Waals surface area (Å²) in [6, 6.07) is 5.88. The molecule has 3 rings (SSSR count). The van der Waals surface area contributed by atoms with E-state index in [0.29, 0.717) is 32.8 Å². The van der Waals surface area contributed by atoms with Gasteiger partial charge >= 0.3 is 0 Å². The van der Waals surface area contributed by atoms with Gasteiger partial charge in [0.2, 0.25) is 21.8 Å². The van der Waals surface area contributed by atoms with Gasteiger partial charge in [0.25, 0.3) is 0 Å². The van der Waals surface area contributed by atoms with Crippen LogP contribution in [0.5, 0.6) is 0 Å². The predicted octanol–water partition coefficient (Wildman–Crippen LogP) is -0.315. The Balaban J connectivity index is 1.68. The Morgan fingerprint density at radius 3 is 2.71 bits per heavy atom. The third-order valence-corrected chi connectivity index (χ3v) is 6.43. The Labute approximate surface area is 163 Å². The zero-order valence-corrected chi connectivity index (χ0v) is 16.3. The summed E-state index contributed by atoms with van der Waals surface area (Å²) < 4.78 is 32.8. The van der Waals surface area contributed by atoms with Crippen LogP contribution in [-0.2, 0) is 24.3 Å². The van der Waals surface area contributed by atoms with Crippen molar-refractivity contribution < 1.29 is 22.7 Å². The molecule has 28 heavy (non-hydrogen) atoms. The van der Waals surface area contributed by atoms with Gasteiger partial charge < -0.3 is 14.5 Å². The van der Waals surface area contributed by atoms with Crippen molar-refractivity contribution in [2.75, 3.05) is 32.8 Å². The first-order valence-electron chi connectivity index (χ1n) is 9.03. The third kappa shape index (κ3) is 4.16. The van der Waals surface area contributed by atoms with E-state index in [-0.39, 0.29) is 22.8 Å². The van der Waals surface area contributed by atoms with Crippen molar-refractivity contribution in [3.8, 4) is 6.07 Å². The maximum absolute atomic E-state index is 12.7. The van der Waals surface area contributed by atoms with Crippen LogP contribution in [0.2, 0.25) is 0 Å². The summed E-state index contributed by atoms with van der Waals surface area (Å²) in [5, 5.41) is 8.94. The van der Waals surface area contributed by atoms with Crippen molar-refractivity contribution in [3.05, 3.63) is 29.8 Å². The fourth-order valence-corrected chi connectivity index (χ4v) is 4.63. The van der Waals surface area contributed by atoms with Crippen LogP contribution in [-0.4, -0.2) is 75.0 Å². The van der Waals surface area contributed by atoms with Crippen molar-refractivity contribution >= 4 is 21.8 Å². The van der Waals surface area contributed by atoms with Gasteiger partial charge in [0, 0.05) is 19.6 Å². The van der Waals surface area contributed by atoms with Crippen LogP contribution in [0.3, 0.4) is 0 Å². The van der Waals surface area contributed by atoms with Gasteiger partial charge in [0.15, 0.2) is 0 Å². The molecular formula is C18H22N4O5S. The van der Waals surface area contributed by atoms with Crippen molar-refractivity contribution in [1.82, 2.24) is 14.5 Å². The predicted molar refractivity (Wildman–Crippen MR) is 98.5 cm³/mol. The van der Waals surface area contributed by atoms with Crippen LogP contribution < -0.4 is 4.72 Å². The van der Waals surface area contributed by atoms with Gasteiger partial charge in [-0.1, -0.05) is 6.07 Å².